The summed E-state index contributed by atoms with van der Waals surface area (Å²) in [6, 6.07) is 11.5. The van der Waals surface area contributed by atoms with Gasteiger partial charge in [-0.1, -0.05) is 23.9 Å². The Hall–Kier alpha value is -3.50. The fourth-order valence-electron chi connectivity index (χ4n) is 3.57. The minimum absolute atomic E-state index is 0.157. The van der Waals surface area contributed by atoms with Gasteiger partial charge in [0.2, 0.25) is 0 Å². The van der Waals surface area contributed by atoms with Crippen molar-refractivity contribution in [2.45, 2.75) is 23.9 Å². The van der Waals surface area contributed by atoms with Gasteiger partial charge < -0.3 is 14.5 Å². The van der Waals surface area contributed by atoms with Crippen LogP contribution < -0.4 is 11.1 Å². The van der Waals surface area contributed by atoms with E-state index in [-0.39, 0.29) is 22.9 Å². The summed E-state index contributed by atoms with van der Waals surface area (Å²) in [4.78, 5) is 49.5. The third-order valence-corrected chi connectivity index (χ3v) is 6.10. The van der Waals surface area contributed by atoms with E-state index in [9.17, 15) is 14.4 Å². The normalized spacial score (nSPS) is 12.2. The Balaban J connectivity index is 1.73. The molecule has 2 heterocycles. The van der Waals surface area contributed by atoms with Crippen molar-refractivity contribution in [1.82, 2.24) is 19.5 Å². The lowest BCUT2D eigenvalue weighted by Crippen LogP contribution is -2.28. The van der Waals surface area contributed by atoms with Gasteiger partial charge in [-0.15, -0.1) is 0 Å². The first-order valence-electron chi connectivity index (χ1n) is 10.2. The average molecular weight is 467 g/mol. The molecule has 0 bridgehead atoms. The molecule has 0 radical (unpaired) electrons. The number of carbonyl (C=O) groups excluding carboxylic acids is 1. The Kier molecular flexibility index (Phi) is 6.57. The van der Waals surface area contributed by atoms with Gasteiger partial charge >= 0.3 is 5.97 Å². The van der Waals surface area contributed by atoms with E-state index in [0.29, 0.717) is 45.0 Å². The first-order chi connectivity index (χ1) is 15.9. The Bertz CT molecular complexity index is 1460. The molecular formula is C23H22N4O5S. The second-order valence-corrected chi connectivity index (χ2v) is 8.36. The summed E-state index contributed by atoms with van der Waals surface area (Å²) in [5.41, 5.74) is 0.807. The van der Waals surface area contributed by atoms with E-state index in [1.54, 1.807) is 35.9 Å². The van der Waals surface area contributed by atoms with Crippen molar-refractivity contribution in [3.8, 4) is 0 Å². The van der Waals surface area contributed by atoms with Gasteiger partial charge in [0.15, 0.2) is 5.16 Å². The minimum Gasteiger partial charge on any atom is -0.465 e. The van der Waals surface area contributed by atoms with Crippen LogP contribution >= 0.6 is 11.8 Å². The zero-order valence-electron chi connectivity index (χ0n) is 18.3. The van der Waals surface area contributed by atoms with Gasteiger partial charge in [0.05, 0.1) is 52.9 Å². The molecule has 2 aromatic heterocycles. The predicted molar refractivity (Wildman–Crippen MR) is 126 cm³/mol. The Morgan fingerprint density at radius 3 is 2.64 bits per heavy atom. The van der Waals surface area contributed by atoms with E-state index in [4.69, 9.17) is 9.47 Å². The van der Waals surface area contributed by atoms with Gasteiger partial charge in [-0.05, 0) is 37.3 Å². The first-order valence-corrected chi connectivity index (χ1v) is 11.2. The number of carbonyl (C=O) groups is 1. The fraction of sp³-hybridized carbons (Fsp3) is 0.261. The molecule has 0 aliphatic heterocycles. The zero-order chi connectivity index (χ0) is 23.5. The molecule has 4 aromatic rings. The SMILES string of the molecule is COCC(C)n1c(SCc2nc3cc(C(=O)OC)ccc3c(=O)[nH]2)nc2ccccc2c1=O. The number of hydrogen-bond donors (Lipinski definition) is 1. The van der Waals surface area contributed by atoms with Crippen LogP contribution in [0.4, 0.5) is 0 Å². The standard InChI is InChI=1S/C23H22N4O5S/c1-13(11-31-2)27-21(29)16-6-4-5-7-17(16)25-23(27)33-12-19-24-18-10-14(22(30)32-3)8-9-15(18)20(28)26-19/h4-10,13H,11-12H2,1-3H3,(H,24,26,28). The topological polar surface area (TPSA) is 116 Å². The van der Waals surface area contributed by atoms with E-state index in [1.807, 2.05) is 13.0 Å². The first kappa shape index (κ1) is 22.7. The van der Waals surface area contributed by atoms with Crippen molar-refractivity contribution in [3.63, 3.8) is 0 Å². The molecule has 0 amide bonds. The molecule has 33 heavy (non-hydrogen) atoms. The predicted octanol–water partition coefficient (Wildman–Crippen LogP) is 2.92. The van der Waals surface area contributed by atoms with Crippen LogP contribution in [0.15, 0.2) is 57.2 Å². The van der Waals surface area contributed by atoms with Crippen LogP contribution in [0.5, 0.6) is 0 Å². The van der Waals surface area contributed by atoms with Gasteiger partial charge in [0, 0.05) is 7.11 Å². The number of benzene rings is 2. The highest BCUT2D eigenvalue weighted by Gasteiger charge is 2.17. The van der Waals surface area contributed by atoms with E-state index in [2.05, 4.69) is 15.0 Å². The monoisotopic (exact) mass is 466 g/mol. The third kappa shape index (κ3) is 4.53. The molecule has 0 aliphatic rings. The Labute approximate surface area is 192 Å². The lowest BCUT2D eigenvalue weighted by Gasteiger charge is -2.18. The van der Waals surface area contributed by atoms with Crippen LogP contribution in [0.3, 0.4) is 0 Å². The van der Waals surface area contributed by atoms with E-state index < -0.39 is 5.97 Å². The maximum Gasteiger partial charge on any atom is 0.337 e. The molecule has 2 aromatic carbocycles. The van der Waals surface area contributed by atoms with Crippen molar-refractivity contribution >= 4 is 39.5 Å². The number of nitrogens with one attached hydrogen (secondary N) is 1. The summed E-state index contributed by atoms with van der Waals surface area (Å²) in [5, 5.41) is 1.39. The molecule has 1 N–H and O–H groups in total. The molecule has 1 unspecified atom stereocenters. The number of nitrogens with zero attached hydrogens (tertiary/aromatic N) is 3. The Morgan fingerprint density at radius 1 is 1.09 bits per heavy atom. The van der Waals surface area contributed by atoms with Crippen LogP contribution in [0.1, 0.15) is 29.1 Å². The summed E-state index contributed by atoms with van der Waals surface area (Å²) in [6.45, 7) is 2.23. The van der Waals surface area contributed by atoms with Crippen LogP contribution in [-0.2, 0) is 15.2 Å². The third-order valence-electron chi connectivity index (χ3n) is 5.14. The number of H-pyrrole nitrogens is 1. The van der Waals surface area contributed by atoms with Gasteiger partial charge in [-0.25, -0.2) is 14.8 Å². The van der Waals surface area contributed by atoms with Crippen molar-refractivity contribution in [2.75, 3.05) is 20.8 Å². The molecule has 4 rings (SSSR count). The van der Waals surface area contributed by atoms with Crippen molar-refractivity contribution in [1.29, 1.82) is 0 Å². The maximum absolute atomic E-state index is 13.2. The molecule has 10 heteroatoms. The second-order valence-electron chi connectivity index (χ2n) is 7.42. The lowest BCUT2D eigenvalue weighted by molar-refractivity contribution is 0.0601. The number of aromatic nitrogens is 4. The van der Waals surface area contributed by atoms with Crippen molar-refractivity contribution in [3.05, 3.63) is 74.6 Å². The summed E-state index contributed by atoms with van der Waals surface area (Å²) >= 11 is 1.29. The van der Waals surface area contributed by atoms with Gasteiger partial charge in [-0.2, -0.15) is 0 Å². The highest BCUT2D eigenvalue weighted by molar-refractivity contribution is 7.98. The van der Waals surface area contributed by atoms with Crippen molar-refractivity contribution in [2.24, 2.45) is 0 Å². The number of rotatable bonds is 7. The molecule has 0 saturated carbocycles. The molecule has 0 spiro atoms. The minimum atomic E-state index is -0.508. The molecule has 0 fully saturated rings. The van der Waals surface area contributed by atoms with Crippen LogP contribution in [-0.4, -0.2) is 46.3 Å². The summed E-state index contributed by atoms with van der Waals surface area (Å²) < 4.78 is 11.6. The molecule has 9 nitrogen and oxygen atoms in total. The van der Waals surface area contributed by atoms with Gasteiger partial charge in [0.25, 0.3) is 11.1 Å². The quantitative estimate of drug-likeness (QED) is 0.251. The van der Waals surface area contributed by atoms with Gasteiger partial charge in [0.1, 0.15) is 5.82 Å². The van der Waals surface area contributed by atoms with Crippen LogP contribution in [0, 0.1) is 0 Å². The van der Waals surface area contributed by atoms with Crippen LogP contribution in [0.25, 0.3) is 21.8 Å². The van der Waals surface area contributed by atoms with Crippen molar-refractivity contribution < 1.29 is 14.3 Å². The molecule has 0 saturated heterocycles. The lowest BCUT2D eigenvalue weighted by atomic mass is 10.1. The molecule has 0 aliphatic carbocycles. The largest absolute Gasteiger partial charge is 0.465 e. The van der Waals surface area contributed by atoms with Crippen LogP contribution in [0.2, 0.25) is 0 Å². The second kappa shape index (κ2) is 9.55. The fourth-order valence-corrected chi connectivity index (χ4v) is 4.53. The number of aromatic amines is 1. The molecule has 1 atom stereocenters. The summed E-state index contributed by atoms with van der Waals surface area (Å²) in [7, 11) is 2.87. The maximum atomic E-state index is 13.2. The molecular weight excluding hydrogens is 444 g/mol. The van der Waals surface area contributed by atoms with E-state index in [1.165, 1.54) is 31.0 Å². The zero-order valence-corrected chi connectivity index (χ0v) is 19.1. The number of methoxy groups -OCH3 is 2. The Morgan fingerprint density at radius 2 is 1.88 bits per heavy atom. The summed E-state index contributed by atoms with van der Waals surface area (Å²) in [6.07, 6.45) is 0. The number of fused-ring (bicyclic) bond motifs is 2. The molecule has 170 valence electrons. The summed E-state index contributed by atoms with van der Waals surface area (Å²) in [5.74, 6) is 0.150. The van der Waals surface area contributed by atoms with Gasteiger partial charge in [-0.3, -0.25) is 14.2 Å². The number of esters is 1. The number of thioether (sulfide) groups is 1. The highest BCUT2D eigenvalue weighted by atomic mass is 32.2. The number of ether oxygens (including phenoxy) is 2. The highest BCUT2D eigenvalue weighted by Crippen LogP contribution is 2.24. The van der Waals surface area contributed by atoms with E-state index >= 15 is 0 Å². The average Bonchev–Trinajstić information content (AvgIpc) is 2.82. The number of para-hydroxylation sites is 1. The number of hydrogen-bond acceptors (Lipinski definition) is 8. The van der Waals surface area contributed by atoms with E-state index in [0.717, 1.165) is 0 Å². The smallest absolute Gasteiger partial charge is 0.337 e.